The number of nitrogens with two attached hydrogens (primary N) is 1. The maximum Gasteiger partial charge on any atom is 0.273 e. The summed E-state index contributed by atoms with van der Waals surface area (Å²) >= 11 is 5.74. The van der Waals surface area contributed by atoms with Crippen molar-refractivity contribution in [1.82, 2.24) is 0 Å². The van der Waals surface area contributed by atoms with Crippen LogP contribution in [0.4, 0.5) is 5.69 Å². The first kappa shape index (κ1) is 15.9. The van der Waals surface area contributed by atoms with E-state index in [0.29, 0.717) is 6.42 Å². The molecule has 1 rings (SSSR count). The normalized spacial score (nSPS) is 13.2. The van der Waals surface area contributed by atoms with Crippen LogP contribution in [0.5, 0.6) is 0 Å². The van der Waals surface area contributed by atoms with Crippen molar-refractivity contribution in [1.29, 1.82) is 0 Å². The fraction of sp³-hybridized carbons (Fsp3) is 0.455. The summed E-state index contributed by atoms with van der Waals surface area (Å²) in [4.78, 5) is 10.2. The van der Waals surface area contributed by atoms with Crippen LogP contribution in [-0.2, 0) is 15.6 Å². The highest BCUT2D eigenvalue weighted by Gasteiger charge is 2.20. The van der Waals surface area contributed by atoms with Crippen LogP contribution in [0.15, 0.2) is 18.2 Å². The van der Waals surface area contributed by atoms with Gasteiger partial charge in [0.05, 0.1) is 16.4 Å². The maximum absolute atomic E-state index is 11.9. The molecule has 6 nitrogen and oxygen atoms in total. The number of halogens is 1. The Morgan fingerprint density at radius 1 is 1.47 bits per heavy atom. The Labute approximate surface area is 116 Å². The van der Waals surface area contributed by atoms with E-state index in [2.05, 4.69) is 0 Å². The van der Waals surface area contributed by atoms with Crippen molar-refractivity contribution in [2.45, 2.75) is 25.1 Å². The van der Waals surface area contributed by atoms with Crippen LogP contribution >= 0.6 is 11.6 Å². The molecule has 2 N–H and O–H groups in total. The number of nitro groups is 1. The molecule has 0 aromatic heterocycles. The Hall–Kier alpha value is -1.18. The van der Waals surface area contributed by atoms with Gasteiger partial charge in [-0.05, 0) is 25.5 Å². The zero-order valence-electron chi connectivity index (χ0n) is 10.4. The van der Waals surface area contributed by atoms with Crippen molar-refractivity contribution in [3.8, 4) is 0 Å². The Kier molecular flexibility index (Phi) is 5.28. The van der Waals surface area contributed by atoms with Gasteiger partial charge in [0.15, 0.2) is 9.84 Å². The number of rotatable bonds is 6. The highest BCUT2D eigenvalue weighted by atomic mass is 35.5. The highest BCUT2D eigenvalue weighted by Crippen LogP contribution is 2.25. The van der Waals surface area contributed by atoms with E-state index in [1.807, 2.05) is 0 Å². The largest absolute Gasteiger partial charge is 0.328 e. The van der Waals surface area contributed by atoms with Crippen molar-refractivity contribution in [2.24, 2.45) is 5.73 Å². The van der Waals surface area contributed by atoms with E-state index in [0.717, 1.165) is 0 Å². The van der Waals surface area contributed by atoms with Gasteiger partial charge in [0.25, 0.3) is 5.69 Å². The average Bonchev–Trinajstić information content (AvgIpc) is 2.25. The summed E-state index contributed by atoms with van der Waals surface area (Å²) in [6.07, 6.45) is 0.316. The molecular weight excluding hydrogens is 292 g/mol. The highest BCUT2D eigenvalue weighted by molar-refractivity contribution is 7.90. The fourth-order valence-electron chi connectivity index (χ4n) is 1.52. The number of nitro benzene ring substituents is 1. The average molecular weight is 307 g/mol. The van der Waals surface area contributed by atoms with Gasteiger partial charge in [-0.25, -0.2) is 8.42 Å². The smallest absolute Gasteiger partial charge is 0.273 e. The topological polar surface area (TPSA) is 103 Å². The van der Waals surface area contributed by atoms with Gasteiger partial charge in [0.1, 0.15) is 0 Å². The van der Waals surface area contributed by atoms with E-state index in [1.54, 1.807) is 6.92 Å². The lowest BCUT2D eigenvalue weighted by atomic mass is 10.2. The molecule has 1 aromatic rings. The van der Waals surface area contributed by atoms with Crippen molar-refractivity contribution in [2.75, 3.05) is 5.75 Å². The van der Waals surface area contributed by atoms with Crippen LogP contribution in [0.25, 0.3) is 0 Å². The summed E-state index contributed by atoms with van der Waals surface area (Å²) in [5.41, 5.74) is 5.36. The first-order chi connectivity index (χ1) is 8.71. The van der Waals surface area contributed by atoms with Gasteiger partial charge in [-0.15, -0.1) is 0 Å². The van der Waals surface area contributed by atoms with Gasteiger partial charge in [0.2, 0.25) is 0 Å². The third-order valence-electron chi connectivity index (χ3n) is 2.50. The molecule has 1 unspecified atom stereocenters. The van der Waals surface area contributed by atoms with Crippen molar-refractivity contribution in [3.05, 3.63) is 38.9 Å². The lowest BCUT2D eigenvalue weighted by Crippen LogP contribution is -2.21. The number of nitrogens with zero attached hydrogens (tertiary/aromatic N) is 1. The van der Waals surface area contributed by atoms with E-state index in [1.165, 1.54) is 18.2 Å². The molecular formula is C11H15ClN2O4S. The summed E-state index contributed by atoms with van der Waals surface area (Å²) < 4.78 is 23.7. The molecule has 8 heteroatoms. The first-order valence-electron chi connectivity index (χ1n) is 5.60. The molecule has 0 amide bonds. The summed E-state index contributed by atoms with van der Waals surface area (Å²) in [5.74, 6) is -0.509. The molecule has 0 radical (unpaired) electrons. The van der Waals surface area contributed by atoms with Gasteiger partial charge in [-0.2, -0.15) is 0 Å². The Bertz CT molecular complexity index is 572. The van der Waals surface area contributed by atoms with E-state index in [-0.39, 0.29) is 28.1 Å². The summed E-state index contributed by atoms with van der Waals surface area (Å²) in [5, 5.41) is 11.1. The monoisotopic (exact) mass is 306 g/mol. The molecule has 0 saturated carbocycles. The predicted octanol–water partition coefficient (Wildman–Crippen LogP) is 1.90. The van der Waals surface area contributed by atoms with Gasteiger partial charge in [-0.1, -0.05) is 11.6 Å². The molecule has 1 aromatic carbocycles. The van der Waals surface area contributed by atoms with Crippen LogP contribution < -0.4 is 5.73 Å². The molecule has 0 saturated heterocycles. The molecule has 0 aliphatic heterocycles. The Balaban J connectivity index is 2.98. The summed E-state index contributed by atoms with van der Waals surface area (Å²) in [6.45, 7) is 1.71. The second-order valence-corrected chi connectivity index (χ2v) is 7.01. The molecule has 1 atom stereocenters. The standard InChI is InChI=1S/C11H15ClN2O4S/c1-8(13)4-5-19(17,18)7-9-6-10(12)2-3-11(9)14(15)16/h2-3,6,8H,4-5,7,13H2,1H3. The molecule has 106 valence electrons. The Morgan fingerprint density at radius 3 is 2.63 bits per heavy atom. The van der Waals surface area contributed by atoms with Crippen molar-refractivity contribution < 1.29 is 13.3 Å². The number of sulfone groups is 1. The number of benzene rings is 1. The molecule has 19 heavy (non-hydrogen) atoms. The quantitative estimate of drug-likeness (QED) is 0.638. The van der Waals surface area contributed by atoms with Gasteiger partial charge in [-0.3, -0.25) is 10.1 Å². The molecule has 0 spiro atoms. The van der Waals surface area contributed by atoms with Gasteiger partial charge < -0.3 is 5.73 Å². The second kappa shape index (κ2) is 6.31. The zero-order valence-corrected chi connectivity index (χ0v) is 11.9. The third kappa shape index (κ3) is 5.14. The fourth-order valence-corrected chi connectivity index (χ4v) is 3.30. The Morgan fingerprint density at radius 2 is 2.11 bits per heavy atom. The van der Waals surface area contributed by atoms with Crippen LogP contribution in [-0.4, -0.2) is 25.1 Å². The van der Waals surface area contributed by atoms with E-state index in [9.17, 15) is 18.5 Å². The SMILES string of the molecule is CC(N)CCS(=O)(=O)Cc1cc(Cl)ccc1[N+](=O)[O-]. The molecule has 0 heterocycles. The van der Waals surface area contributed by atoms with E-state index >= 15 is 0 Å². The maximum atomic E-state index is 11.9. The van der Waals surface area contributed by atoms with Crippen LogP contribution in [0.2, 0.25) is 5.02 Å². The zero-order chi connectivity index (χ0) is 14.6. The first-order valence-corrected chi connectivity index (χ1v) is 7.80. The number of hydrogen-bond donors (Lipinski definition) is 1. The minimum absolute atomic E-state index is 0.0992. The lowest BCUT2D eigenvalue weighted by molar-refractivity contribution is -0.385. The van der Waals surface area contributed by atoms with E-state index < -0.39 is 20.5 Å². The molecule has 0 aliphatic rings. The number of hydrogen-bond acceptors (Lipinski definition) is 5. The van der Waals surface area contributed by atoms with Crippen molar-refractivity contribution in [3.63, 3.8) is 0 Å². The van der Waals surface area contributed by atoms with Crippen molar-refractivity contribution >= 4 is 27.1 Å². The lowest BCUT2D eigenvalue weighted by Gasteiger charge is -2.07. The van der Waals surface area contributed by atoms with Crippen LogP contribution in [0, 0.1) is 10.1 Å². The minimum atomic E-state index is -3.45. The minimum Gasteiger partial charge on any atom is -0.328 e. The summed E-state index contributed by atoms with van der Waals surface area (Å²) in [6, 6.07) is 3.64. The predicted molar refractivity (Wildman–Crippen MR) is 73.9 cm³/mol. The molecule has 0 fully saturated rings. The third-order valence-corrected chi connectivity index (χ3v) is 4.34. The second-order valence-electron chi connectivity index (χ2n) is 4.39. The van der Waals surface area contributed by atoms with Crippen LogP contribution in [0.3, 0.4) is 0 Å². The summed E-state index contributed by atoms with van der Waals surface area (Å²) in [7, 11) is -3.45. The van der Waals surface area contributed by atoms with Gasteiger partial charge >= 0.3 is 0 Å². The van der Waals surface area contributed by atoms with Crippen LogP contribution in [0.1, 0.15) is 18.9 Å². The molecule has 0 aliphatic carbocycles. The van der Waals surface area contributed by atoms with E-state index in [4.69, 9.17) is 17.3 Å². The molecule has 0 bridgehead atoms. The van der Waals surface area contributed by atoms with Gasteiger partial charge in [0, 0.05) is 22.7 Å².